The maximum Gasteiger partial charge on any atom is 0.155 e. The van der Waals surface area contributed by atoms with Crippen LogP contribution in [-0.4, -0.2) is 15.7 Å². The van der Waals surface area contributed by atoms with E-state index in [4.69, 9.17) is 11.6 Å². The van der Waals surface area contributed by atoms with Crippen LogP contribution in [0, 0.1) is 11.6 Å². The van der Waals surface area contributed by atoms with Gasteiger partial charge < -0.3 is 4.40 Å². The third-order valence-electron chi connectivity index (χ3n) is 4.15. The van der Waals surface area contributed by atoms with Crippen molar-refractivity contribution in [1.29, 1.82) is 0 Å². The quantitative estimate of drug-likeness (QED) is 0.453. The Hall–Kier alpha value is -3.05. The van der Waals surface area contributed by atoms with Gasteiger partial charge in [-0.1, -0.05) is 23.7 Å². The molecule has 0 radical (unpaired) electrons. The Labute approximate surface area is 152 Å². The first kappa shape index (κ1) is 16.4. The number of imidazole rings is 1. The maximum atomic E-state index is 14.4. The molecule has 0 bridgehead atoms. The van der Waals surface area contributed by atoms with Gasteiger partial charge in [0.05, 0.1) is 11.3 Å². The number of pyridine rings is 1. The van der Waals surface area contributed by atoms with Gasteiger partial charge in [0.2, 0.25) is 0 Å². The molecular formula is C20H11ClF2N2O. The highest BCUT2D eigenvalue weighted by Crippen LogP contribution is 2.28. The summed E-state index contributed by atoms with van der Waals surface area (Å²) >= 11 is 5.90. The minimum Gasteiger partial charge on any atom is -0.306 e. The highest BCUT2D eigenvalue weighted by Gasteiger charge is 2.15. The molecule has 2 aromatic carbocycles. The Morgan fingerprint density at radius 1 is 0.923 bits per heavy atom. The van der Waals surface area contributed by atoms with Gasteiger partial charge in [-0.2, -0.15) is 0 Å². The van der Waals surface area contributed by atoms with Crippen LogP contribution < -0.4 is 0 Å². The molecule has 0 saturated heterocycles. The maximum absolute atomic E-state index is 14.4. The zero-order valence-electron chi connectivity index (χ0n) is 13.3. The lowest BCUT2D eigenvalue weighted by Gasteiger charge is -2.06. The van der Waals surface area contributed by atoms with Crippen molar-refractivity contribution >= 4 is 23.5 Å². The molecule has 2 aromatic heterocycles. The topological polar surface area (TPSA) is 34.4 Å². The smallest absolute Gasteiger partial charge is 0.155 e. The Bertz CT molecular complexity index is 1140. The first-order chi connectivity index (χ1) is 12.6. The van der Waals surface area contributed by atoms with Gasteiger partial charge in [0.1, 0.15) is 17.3 Å². The van der Waals surface area contributed by atoms with Crippen molar-refractivity contribution in [2.24, 2.45) is 0 Å². The van der Waals surface area contributed by atoms with E-state index in [0.717, 1.165) is 17.3 Å². The van der Waals surface area contributed by atoms with Gasteiger partial charge >= 0.3 is 0 Å². The van der Waals surface area contributed by atoms with Gasteiger partial charge in [0.15, 0.2) is 6.29 Å². The molecule has 6 heteroatoms. The molecule has 128 valence electrons. The van der Waals surface area contributed by atoms with Crippen LogP contribution in [0.25, 0.3) is 28.0 Å². The Morgan fingerprint density at radius 2 is 1.65 bits per heavy atom. The minimum absolute atomic E-state index is 0.150. The van der Waals surface area contributed by atoms with Crippen molar-refractivity contribution in [3.63, 3.8) is 0 Å². The van der Waals surface area contributed by atoms with Crippen molar-refractivity contribution in [2.75, 3.05) is 0 Å². The Kier molecular flexibility index (Phi) is 4.01. The monoisotopic (exact) mass is 368 g/mol. The van der Waals surface area contributed by atoms with Crippen molar-refractivity contribution in [2.45, 2.75) is 0 Å². The van der Waals surface area contributed by atoms with Gasteiger partial charge in [-0.3, -0.25) is 4.79 Å². The highest BCUT2D eigenvalue weighted by atomic mass is 35.5. The van der Waals surface area contributed by atoms with Crippen molar-refractivity contribution < 1.29 is 13.6 Å². The highest BCUT2D eigenvalue weighted by molar-refractivity contribution is 6.30. The summed E-state index contributed by atoms with van der Waals surface area (Å²) in [5, 5.41) is 0.637. The number of rotatable bonds is 3. The molecule has 0 aliphatic rings. The van der Waals surface area contributed by atoms with Crippen LogP contribution in [0.15, 0.2) is 60.9 Å². The van der Waals surface area contributed by atoms with Crippen LogP contribution in [0.5, 0.6) is 0 Å². The summed E-state index contributed by atoms with van der Waals surface area (Å²) < 4.78 is 29.7. The molecule has 26 heavy (non-hydrogen) atoms. The van der Waals surface area contributed by atoms with E-state index < -0.39 is 17.2 Å². The first-order valence-electron chi connectivity index (χ1n) is 7.75. The third kappa shape index (κ3) is 2.76. The summed E-state index contributed by atoms with van der Waals surface area (Å²) in [5.74, 6) is -1.76. The van der Waals surface area contributed by atoms with Gasteiger partial charge in [0.25, 0.3) is 0 Å². The SMILES string of the molecule is O=Cc1c(F)ccc(-c2ccc3nc(-c4ccc(Cl)cc4)cn3c2)c1F. The van der Waals surface area contributed by atoms with Crippen molar-refractivity contribution in [3.05, 3.63) is 83.1 Å². The Balaban J connectivity index is 1.81. The number of hydrogen-bond acceptors (Lipinski definition) is 2. The zero-order valence-corrected chi connectivity index (χ0v) is 14.0. The number of hydrogen-bond donors (Lipinski definition) is 0. The normalized spacial score (nSPS) is 11.0. The van der Waals surface area contributed by atoms with E-state index in [1.807, 2.05) is 18.3 Å². The summed E-state index contributed by atoms with van der Waals surface area (Å²) in [6, 6.07) is 13.1. The van der Waals surface area contributed by atoms with Crippen LogP contribution in [0.1, 0.15) is 10.4 Å². The number of halogens is 3. The molecule has 4 rings (SSSR count). The number of carbonyl (C=O) groups is 1. The molecule has 4 aromatic rings. The van der Waals surface area contributed by atoms with Gasteiger partial charge in [-0.25, -0.2) is 13.8 Å². The Morgan fingerprint density at radius 3 is 2.38 bits per heavy atom. The molecule has 2 heterocycles. The molecule has 0 aliphatic carbocycles. The van der Waals surface area contributed by atoms with E-state index in [9.17, 15) is 13.6 Å². The van der Waals surface area contributed by atoms with Crippen LogP contribution in [0.2, 0.25) is 5.02 Å². The standard InChI is InChI=1S/C20H11ClF2N2O/c21-14-4-1-12(2-5-14)18-10-25-9-13(3-8-19(25)24-18)15-6-7-17(22)16(11-26)20(15)23/h1-11H. The molecule has 0 fully saturated rings. The second kappa shape index (κ2) is 6.35. The third-order valence-corrected chi connectivity index (χ3v) is 4.40. The van der Waals surface area contributed by atoms with Crippen molar-refractivity contribution in [1.82, 2.24) is 9.38 Å². The van der Waals surface area contributed by atoms with E-state index in [0.29, 0.717) is 16.2 Å². The molecule has 0 unspecified atom stereocenters. The first-order valence-corrected chi connectivity index (χ1v) is 8.13. The van der Waals surface area contributed by atoms with E-state index >= 15 is 0 Å². The largest absolute Gasteiger partial charge is 0.306 e. The fourth-order valence-electron chi connectivity index (χ4n) is 2.81. The summed E-state index contributed by atoms with van der Waals surface area (Å²) in [4.78, 5) is 15.5. The average molecular weight is 369 g/mol. The summed E-state index contributed by atoms with van der Waals surface area (Å²) in [6.45, 7) is 0. The number of aldehydes is 1. The number of aromatic nitrogens is 2. The van der Waals surface area contributed by atoms with Gasteiger partial charge in [-0.15, -0.1) is 0 Å². The molecular weight excluding hydrogens is 358 g/mol. The van der Waals surface area contributed by atoms with Gasteiger partial charge in [-0.05, 0) is 36.4 Å². The molecule has 0 aliphatic heterocycles. The fraction of sp³-hybridized carbons (Fsp3) is 0. The summed E-state index contributed by atoms with van der Waals surface area (Å²) in [7, 11) is 0. The van der Waals surface area contributed by atoms with E-state index in [2.05, 4.69) is 4.98 Å². The zero-order chi connectivity index (χ0) is 18.3. The van der Waals surface area contributed by atoms with Crippen molar-refractivity contribution in [3.8, 4) is 22.4 Å². The van der Waals surface area contributed by atoms with Gasteiger partial charge in [0, 0.05) is 34.1 Å². The predicted molar refractivity (Wildman–Crippen MR) is 96.4 cm³/mol. The van der Waals surface area contributed by atoms with Crippen LogP contribution in [-0.2, 0) is 0 Å². The van der Waals surface area contributed by atoms with E-state index in [-0.39, 0.29) is 11.8 Å². The number of carbonyl (C=O) groups excluding carboxylic acids is 1. The number of nitrogens with zero attached hydrogens (tertiary/aromatic N) is 2. The number of benzene rings is 2. The summed E-state index contributed by atoms with van der Waals surface area (Å²) in [5.41, 5.74) is 2.41. The summed E-state index contributed by atoms with van der Waals surface area (Å²) in [6.07, 6.45) is 3.68. The molecule has 0 N–H and O–H groups in total. The van der Waals surface area contributed by atoms with E-state index in [1.165, 1.54) is 6.07 Å². The van der Waals surface area contributed by atoms with Crippen LogP contribution in [0.4, 0.5) is 8.78 Å². The van der Waals surface area contributed by atoms with E-state index in [1.54, 1.807) is 34.9 Å². The molecule has 0 atom stereocenters. The lowest BCUT2D eigenvalue weighted by molar-refractivity contribution is 0.111. The predicted octanol–water partition coefficient (Wildman–Crippen LogP) is 5.41. The second-order valence-electron chi connectivity index (χ2n) is 5.76. The second-order valence-corrected chi connectivity index (χ2v) is 6.19. The molecule has 0 saturated carbocycles. The molecule has 0 amide bonds. The number of fused-ring (bicyclic) bond motifs is 1. The lowest BCUT2D eigenvalue weighted by Crippen LogP contribution is -1.97. The van der Waals surface area contributed by atoms with Crippen LogP contribution >= 0.6 is 11.6 Å². The molecule has 3 nitrogen and oxygen atoms in total. The lowest BCUT2D eigenvalue weighted by atomic mass is 10.0. The minimum atomic E-state index is -0.880. The average Bonchev–Trinajstić information content (AvgIpc) is 3.06. The van der Waals surface area contributed by atoms with Crippen LogP contribution in [0.3, 0.4) is 0 Å². The fourth-order valence-corrected chi connectivity index (χ4v) is 2.94. The molecule has 0 spiro atoms.